The van der Waals surface area contributed by atoms with E-state index in [1.54, 1.807) is 42.2 Å². The summed E-state index contributed by atoms with van der Waals surface area (Å²) in [6.45, 7) is 4.15. The monoisotopic (exact) mass is 347 g/mol. The maximum atomic E-state index is 12.2. The van der Waals surface area contributed by atoms with Crippen LogP contribution in [0.1, 0.15) is 17.5 Å². The summed E-state index contributed by atoms with van der Waals surface area (Å²) in [5, 5.41) is 3.40. The molecule has 2 amide bonds. The van der Waals surface area contributed by atoms with Crippen molar-refractivity contribution in [3.8, 4) is 0 Å². The number of amides is 2. The van der Waals surface area contributed by atoms with Gasteiger partial charge in [0.05, 0.1) is 22.7 Å². The number of nitrogens with one attached hydrogen (secondary N) is 1. The Labute approximate surface area is 145 Å². The van der Waals surface area contributed by atoms with Gasteiger partial charge in [-0.05, 0) is 24.3 Å². The summed E-state index contributed by atoms with van der Waals surface area (Å²) < 4.78 is 5.12. The number of para-hydroxylation sites is 1. The molecule has 7 heteroatoms. The number of benzene rings is 1. The second kappa shape index (κ2) is 6.97. The summed E-state index contributed by atoms with van der Waals surface area (Å²) in [5.74, 6) is -0.0200. The molecule has 0 saturated carbocycles. The van der Waals surface area contributed by atoms with Crippen molar-refractivity contribution in [1.29, 1.82) is 0 Å². The Balaban J connectivity index is 1.81. The largest absolute Gasteiger partial charge is 0.459 e. The van der Waals surface area contributed by atoms with Crippen molar-refractivity contribution in [2.24, 2.45) is 0 Å². The van der Waals surface area contributed by atoms with E-state index in [1.807, 2.05) is 0 Å². The molecular formula is C17H18ClN3O3. The van der Waals surface area contributed by atoms with Gasteiger partial charge in [0.1, 0.15) is 0 Å². The molecule has 0 spiro atoms. The van der Waals surface area contributed by atoms with E-state index in [1.165, 1.54) is 6.26 Å². The highest BCUT2D eigenvalue weighted by Crippen LogP contribution is 2.34. The van der Waals surface area contributed by atoms with Crippen LogP contribution >= 0.6 is 11.6 Å². The number of furan rings is 1. The van der Waals surface area contributed by atoms with Crippen molar-refractivity contribution in [3.05, 3.63) is 47.4 Å². The van der Waals surface area contributed by atoms with Crippen LogP contribution < -0.4 is 10.2 Å². The predicted molar refractivity (Wildman–Crippen MR) is 92.6 cm³/mol. The molecule has 0 unspecified atom stereocenters. The van der Waals surface area contributed by atoms with Crippen LogP contribution in [0.2, 0.25) is 5.02 Å². The van der Waals surface area contributed by atoms with Crippen molar-refractivity contribution in [3.63, 3.8) is 0 Å². The summed E-state index contributed by atoms with van der Waals surface area (Å²) in [4.78, 5) is 27.6. The molecule has 1 aromatic carbocycles. The molecule has 0 aliphatic carbocycles. The summed E-state index contributed by atoms with van der Waals surface area (Å²) in [5.41, 5.74) is 1.39. The lowest BCUT2D eigenvalue weighted by atomic mass is 10.2. The third kappa shape index (κ3) is 3.38. The molecule has 1 aliphatic heterocycles. The van der Waals surface area contributed by atoms with Crippen LogP contribution in [0.5, 0.6) is 0 Å². The number of nitrogens with zero attached hydrogens (tertiary/aromatic N) is 2. The Morgan fingerprint density at radius 3 is 2.50 bits per heavy atom. The number of rotatable bonds is 3. The van der Waals surface area contributed by atoms with Crippen LogP contribution in [0.25, 0.3) is 0 Å². The second-order valence-corrected chi connectivity index (χ2v) is 5.97. The van der Waals surface area contributed by atoms with Gasteiger partial charge in [0.2, 0.25) is 5.91 Å². The average Bonchev–Trinajstić information content (AvgIpc) is 3.10. The normalized spacial score (nSPS) is 14.6. The molecule has 2 heterocycles. The van der Waals surface area contributed by atoms with Gasteiger partial charge in [0, 0.05) is 33.1 Å². The van der Waals surface area contributed by atoms with Crippen molar-refractivity contribution < 1.29 is 14.0 Å². The molecule has 0 bridgehead atoms. The minimum Gasteiger partial charge on any atom is -0.459 e. The number of halogens is 1. The molecule has 3 rings (SSSR count). The van der Waals surface area contributed by atoms with E-state index < -0.39 is 0 Å². The number of carbonyl (C=O) groups is 2. The minimum absolute atomic E-state index is 0.0696. The molecule has 24 heavy (non-hydrogen) atoms. The molecule has 1 fully saturated rings. The maximum Gasteiger partial charge on any atom is 0.291 e. The molecule has 6 nitrogen and oxygen atoms in total. The van der Waals surface area contributed by atoms with Gasteiger partial charge in [0.25, 0.3) is 5.91 Å². The smallest absolute Gasteiger partial charge is 0.291 e. The summed E-state index contributed by atoms with van der Waals surface area (Å²) in [6.07, 6.45) is 1.45. The highest BCUT2D eigenvalue weighted by molar-refractivity contribution is 6.34. The summed E-state index contributed by atoms with van der Waals surface area (Å²) in [6, 6.07) is 8.64. The first-order valence-corrected chi connectivity index (χ1v) is 8.08. The molecule has 1 N–H and O–H groups in total. The Kier molecular flexibility index (Phi) is 4.76. The van der Waals surface area contributed by atoms with Crippen molar-refractivity contribution in [2.45, 2.75) is 6.92 Å². The van der Waals surface area contributed by atoms with Crippen molar-refractivity contribution in [2.75, 3.05) is 36.4 Å². The van der Waals surface area contributed by atoms with E-state index in [9.17, 15) is 9.59 Å². The van der Waals surface area contributed by atoms with Crippen LogP contribution in [0.3, 0.4) is 0 Å². The minimum atomic E-state index is -0.328. The Morgan fingerprint density at radius 1 is 1.12 bits per heavy atom. The third-order valence-electron chi connectivity index (χ3n) is 4.02. The molecule has 0 atom stereocenters. The molecule has 1 aromatic heterocycles. The Morgan fingerprint density at radius 2 is 1.88 bits per heavy atom. The topological polar surface area (TPSA) is 65.8 Å². The molecule has 2 aromatic rings. The van der Waals surface area contributed by atoms with E-state index in [0.717, 1.165) is 5.69 Å². The van der Waals surface area contributed by atoms with Crippen molar-refractivity contribution in [1.82, 2.24) is 4.90 Å². The molecule has 0 radical (unpaired) electrons. The Hall–Kier alpha value is -2.47. The average molecular weight is 348 g/mol. The first-order valence-electron chi connectivity index (χ1n) is 7.70. The standard InChI is InChI=1S/C17H18ClN3O3/c1-12(22)20-7-9-21(10-8-20)16-13(18)4-2-5-14(16)19-17(23)15-6-3-11-24-15/h2-6,11H,7-10H2,1H3,(H,19,23). The summed E-state index contributed by atoms with van der Waals surface area (Å²) >= 11 is 6.37. The first kappa shape index (κ1) is 16.4. The van der Waals surface area contributed by atoms with Gasteiger partial charge < -0.3 is 19.5 Å². The van der Waals surface area contributed by atoms with E-state index in [2.05, 4.69) is 10.2 Å². The predicted octanol–water partition coefficient (Wildman–Crippen LogP) is 2.85. The van der Waals surface area contributed by atoms with Crippen LogP contribution in [0.4, 0.5) is 11.4 Å². The van der Waals surface area contributed by atoms with Gasteiger partial charge in [-0.15, -0.1) is 0 Å². The van der Waals surface area contributed by atoms with Gasteiger partial charge in [-0.25, -0.2) is 0 Å². The lowest BCUT2D eigenvalue weighted by Gasteiger charge is -2.36. The highest BCUT2D eigenvalue weighted by atomic mass is 35.5. The van der Waals surface area contributed by atoms with Crippen LogP contribution in [0, 0.1) is 0 Å². The van der Waals surface area contributed by atoms with E-state index in [-0.39, 0.29) is 17.6 Å². The maximum absolute atomic E-state index is 12.2. The molecular weight excluding hydrogens is 330 g/mol. The summed E-state index contributed by atoms with van der Waals surface area (Å²) in [7, 11) is 0. The lowest BCUT2D eigenvalue weighted by Crippen LogP contribution is -2.48. The van der Waals surface area contributed by atoms with Crippen LogP contribution in [0.15, 0.2) is 41.0 Å². The molecule has 1 saturated heterocycles. The SMILES string of the molecule is CC(=O)N1CCN(c2c(Cl)cccc2NC(=O)c2ccco2)CC1. The number of anilines is 2. The van der Waals surface area contributed by atoms with Crippen LogP contribution in [-0.2, 0) is 4.79 Å². The van der Waals surface area contributed by atoms with Gasteiger partial charge in [0.15, 0.2) is 5.76 Å². The number of hydrogen-bond acceptors (Lipinski definition) is 4. The fourth-order valence-electron chi connectivity index (χ4n) is 2.77. The number of hydrogen-bond donors (Lipinski definition) is 1. The van der Waals surface area contributed by atoms with Crippen molar-refractivity contribution >= 4 is 34.8 Å². The van der Waals surface area contributed by atoms with Gasteiger partial charge in [-0.3, -0.25) is 9.59 Å². The quantitative estimate of drug-likeness (QED) is 0.927. The molecule has 126 valence electrons. The number of piperazine rings is 1. The highest BCUT2D eigenvalue weighted by Gasteiger charge is 2.23. The van der Waals surface area contributed by atoms with Gasteiger partial charge in [-0.2, -0.15) is 0 Å². The van der Waals surface area contributed by atoms with Gasteiger partial charge in [-0.1, -0.05) is 17.7 Å². The zero-order chi connectivity index (χ0) is 17.1. The fraction of sp³-hybridized carbons (Fsp3) is 0.294. The van der Waals surface area contributed by atoms with Crippen LogP contribution in [-0.4, -0.2) is 42.9 Å². The Bertz CT molecular complexity index is 738. The van der Waals surface area contributed by atoms with E-state index >= 15 is 0 Å². The zero-order valence-corrected chi connectivity index (χ0v) is 14.0. The van der Waals surface area contributed by atoms with Gasteiger partial charge >= 0.3 is 0 Å². The first-order chi connectivity index (χ1) is 11.6. The molecule has 1 aliphatic rings. The number of carbonyl (C=O) groups excluding carboxylic acids is 2. The zero-order valence-electron chi connectivity index (χ0n) is 13.3. The van der Waals surface area contributed by atoms with E-state index in [0.29, 0.717) is 36.9 Å². The van der Waals surface area contributed by atoms with E-state index in [4.69, 9.17) is 16.0 Å². The fourth-order valence-corrected chi connectivity index (χ4v) is 3.07. The lowest BCUT2D eigenvalue weighted by molar-refractivity contribution is -0.129. The third-order valence-corrected chi connectivity index (χ3v) is 4.33. The second-order valence-electron chi connectivity index (χ2n) is 5.56.